The number of nitrogens with zero attached hydrogens (tertiary/aromatic N) is 1. The van der Waals surface area contributed by atoms with E-state index in [2.05, 4.69) is 4.98 Å². The van der Waals surface area contributed by atoms with E-state index in [4.69, 9.17) is 4.74 Å². The van der Waals surface area contributed by atoms with Crippen molar-refractivity contribution in [3.8, 4) is 5.75 Å². The predicted octanol–water partition coefficient (Wildman–Crippen LogP) is 2.03. The number of hydrogen-bond acceptors (Lipinski definition) is 2. The van der Waals surface area contributed by atoms with E-state index in [0.717, 1.165) is 22.0 Å². The number of methoxy groups -OCH3 is 1. The maximum Gasteiger partial charge on any atom is 0.272 e. The number of aromatic amines is 1. The Morgan fingerprint density at radius 3 is 2.71 bits per heavy atom. The molecule has 1 aromatic carbocycles. The van der Waals surface area contributed by atoms with Crippen LogP contribution in [0.25, 0.3) is 21.8 Å². The van der Waals surface area contributed by atoms with Gasteiger partial charge in [0.05, 0.1) is 12.6 Å². The number of aromatic nitrogens is 2. The monoisotopic (exact) mass is 228 g/mol. The van der Waals surface area contributed by atoms with E-state index in [-0.39, 0.29) is 5.56 Å². The molecule has 1 N–H and O–H groups in total. The highest BCUT2D eigenvalue weighted by Gasteiger charge is 2.13. The highest BCUT2D eigenvalue weighted by Crippen LogP contribution is 2.31. The second kappa shape index (κ2) is 3.38. The lowest BCUT2D eigenvalue weighted by Gasteiger charge is -2.03. The highest BCUT2D eigenvalue weighted by molar-refractivity contribution is 6.09. The predicted molar refractivity (Wildman–Crippen MR) is 67.6 cm³/mol. The highest BCUT2D eigenvalue weighted by atomic mass is 16.5. The number of nitrogens with one attached hydrogen (secondary N) is 1. The van der Waals surface area contributed by atoms with E-state index in [9.17, 15) is 4.79 Å². The molecule has 86 valence electrons. The molecule has 0 bridgehead atoms. The number of ether oxygens (including phenoxy) is 1. The molecule has 0 fully saturated rings. The minimum atomic E-state index is -0.0803. The molecule has 0 saturated heterocycles. The van der Waals surface area contributed by atoms with Crippen molar-refractivity contribution in [3.63, 3.8) is 0 Å². The molecule has 0 amide bonds. The van der Waals surface area contributed by atoms with Crippen LogP contribution < -0.4 is 10.3 Å². The molecule has 17 heavy (non-hydrogen) atoms. The zero-order valence-corrected chi connectivity index (χ0v) is 9.65. The molecule has 0 aliphatic carbocycles. The summed E-state index contributed by atoms with van der Waals surface area (Å²) in [6.07, 6.45) is 1.67. The van der Waals surface area contributed by atoms with Gasteiger partial charge in [0.15, 0.2) is 0 Å². The van der Waals surface area contributed by atoms with Crippen LogP contribution in [0.4, 0.5) is 0 Å². The molecule has 4 nitrogen and oxygen atoms in total. The Labute approximate surface area is 97.4 Å². The Hall–Kier alpha value is -2.23. The Kier molecular flexibility index (Phi) is 1.98. The summed E-state index contributed by atoms with van der Waals surface area (Å²) in [5, 5.41) is 1.98. The largest absolute Gasteiger partial charge is 0.495 e. The zero-order valence-electron chi connectivity index (χ0n) is 9.65. The standard InChI is InChI=1S/C13H12N2O2/c1-15-11-8(4-3-5-10(11)17-2)9-6-7-14-13(16)12(9)15/h3-7H,1-2H3,(H,14,16). The molecule has 0 unspecified atom stereocenters. The van der Waals surface area contributed by atoms with Crippen molar-refractivity contribution in [1.82, 2.24) is 9.55 Å². The van der Waals surface area contributed by atoms with Crippen LogP contribution in [0.2, 0.25) is 0 Å². The third kappa shape index (κ3) is 1.21. The maximum atomic E-state index is 11.9. The summed E-state index contributed by atoms with van der Waals surface area (Å²) in [6, 6.07) is 7.75. The summed E-state index contributed by atoms with van der Waals surface area (Å²) in [4.78, 5) is 14.5. The zero-order chi connectivity index (χ0) is 12.0. The average Bonchev–Trinajstić information content (AvgIpc) is 2.65. The maximum absolute atomic E-state index is 11.9. The average molecular weight is 228 g/mol. The number of rotatable bonds is 1. The lowest BCUT2D eigenvalue weighted by molar-refractivity contribution is 0.418. The molecule has 3 rings (SSSR count). The summed E-state index contributed by atoms with van der Waals surface area (Å²) >= 11 is 0. The molecule has 2 heterocycles. The van der Waals surface area contributed by atoms with Crippen molar-refractivity contribution < 1.29 is 4.74 Å². The summed E-state index contributed by atoms with van der Waals surface area (Å²) < 4.78 is 7.22. The topological polar surface area (TPSA) is 47.0 Å². The van der Waals surface area contributed by atoms with Gasteiger partial charge >= 0.3 is 0 Å². The fourth-order valence-electron chi connectivity index (χ4n) is 2.38. The van der Waals surface area contributed by atoms with Gasteiger partial charge in [-0.3, -0.25) is 4.79 Å². The minimum Gasteiger partial charge on any atom is -0.495 e. The van der Waals surface area contributed by atoms with Crippen LogP contribution in [-0.4, -0.2) is 16.7 Å². The Morgan fingerprint density at radius 2 is 1.94 bits per heavy atom. The summed E-state index contributed by atoms with van der Waals surface area (Å²) in [5.74, 6) is 0.778. The van der Waals surface area contributed by atoms with E-state index < -0.39 is 0 Å². The van der Waals surface area contributed by atoms with Gasteiger partial charge in [-0.05, 0) is 12.1 Å². The Balaban J connectivity index is 2.68. The van der Waals surface area contributed by atoms with E-state index in [1.807, 2.05) is 35.9 Å². The van der Waals surface area contributed by atoms with Crippen molar-refractivity contribution in [1.29, 1.82) is 0 Å². The summed E-state index contributed by atoms with van der Waals surface area (Å²) in [6.45, 7) is 0. The second-order valence-corrected chi connectivity index (χ2v) is 3.98. The van der Waals surface area contributed by atoms with Crippen LogP contribution >= 0.6 is 0 Å². The van der Waals surface area contributed by atoms with Crippen molar-refractivity contribution in [2.24, 2.45) is 7.05 Å². The van der Waals surface area contributed by atoms with Gasteiger partial charge in [-0.25, -0.2) is 0 Å². The third-order valence-electron chi connectivity index (χ3n) is 3.11. The fourth-order valence-corrected chi connectivity index (χ4v) is 2.38. The Morgan fingerprint density at radius 1 is 1.18 bits per heavy atom. The van der Waals surface area contributed by atoms with E-state index in [1.54, 1.807) is 13.3 Å². The number of pyridine rings is 1. The second-order valence-electron chi connectivity index (χ2n) is 3.98. The molecule has 4 heteroatoms. The van der Waals surface area contributed by atoms with Crippen molar-refractivity contribution in [2.75, 3.05) is 7.11 Å². The first-order valence-corrected chi connectivity index (χ1v) is 5.37. The normalized spacial score (nSPS) is 11.2. The van der Waals surface area contributed by atoms with Gasteiger partial charge in [0.2, 0.25) is 0 Å². The number of fused-ring (bicyclic) bond motifs is 3. The van der Waals surface area contributed by atoms with Gasteiger partial charge in [0.1, 0.15) is 11.3 Å². The van der Waals surface area contributed by atoms with Crippen LogP contribution in [0.3, 0.4) is 0 Å². The molecular weight excluding hydrogens is 216 g/mol. The SMILES string of the molecule is COc1cccc2c3cc[nH]c(=O)c3n(C)c12. The van der Waals surface area contributed by atoms with E-state index in [1.165, 1.54) is 0 Å². The summed E-state index contributed by atoms with van der Waals surface area (Å²) in [5.41, 5.74) is 1.54. The molecular formula is C13H12N2O2. The third-order valence-corrected chi connectivity index (χ3v) is 3.11. The van der Waals surface area contributed by atoms with Crippen molar-refractivity contribution in [3.05, 3.63) is 40.8 Å². The van der Waals surface area contributed by atoms with Crippen LogP contribution in [0.1, 0.15) is 0 Å². The number of para-hydroxylation sites is 1. The molecule has 0 radical (unpaired) electrons. The van der Waals surface area contributed by atoms with Crippen LogP contribution in [0.15, 0.2) is 35.3 Å². The number of H-pyrrole nitrogens is 1. The van der Waals surface area contributed by atoms with Gasteiger partial charge in [0.25, 0.3) is 5.56 Å². The van der Waals surface area contributed by atoms with Gasteiger partial charge in [0, 0.05) is 24.0 Å². The molecule has 0 aliphatic rings. The van der Waals surface area contributed by atoms with Gasteiger partial charge in [-0.1, -0.05) is 12.1 Å². The lowest BCUT2D eigenvalue weighted by atomic mass is 10.2. The van der Waals surface area contributed by atoms with Crippen molar-refractivity contribution in [2.45, 2.75) is 0 Å². The van der Waals surface area contributed by atoms with Crippen LogP contribution in [0, 0.1) is 0 Å². The van der Waals surface area contributed by atoms with Crippen molar-refractivity contribution >= 4 is 21.8 Å². The molecule has 0 atom stereocenters. The van der Waals surface area contributed by atoms with Gasteiger partial charge in [-0.2, -0.15) is 0 Å². The van der Waals surface area contributed by atoms with Crippen LogP contribution in [0.5, 0.6) is 5.75 Å². The molecule has 0 saturated carbocycles. The number of hydrogen-bond donors (Lipinski definition) is 1. The first-order valence-electron chi connectivity index (χ1n) is 5.37. The molecule has 0 aliphatic heterocycles. The first kappa shape index (κ1) is 9.96. The quantitative estimate of drug-likeness (QED) is 0.692. The number of benzene rings is 1. The first-order chi connectivity index (χ1) is 8.24. The van der Waals surface area contributed by atoms with E-state index >= 15 is 0 Å². The number of aryl methyl sites for hydroxylation is 1. The molecule has 2 aromatic heterocycles. The van der Waals surface area contributed by atoms with Gasteiger partial charge in [-0.15, -0.1) is 0 Å². The van der Waals surface area contributed by atoms with Gasteiger partial charge < -0.3 is 14.3 Å². The summed E-state index contributed by atoms with van der Waals surface area (Å²) in [7, 11) is 3.51. The Bertz CT molecular complexity index is 768. The van der Waals surface area contributed by atoms with Crippen LogP contribution in [-0.2, 0) is 7.05 Å². The van der Waals surface area contributed by atoms with E-state index in [0.29, 0.717) is 5.52 Å². The fraction of sp³-hybridized carbons (Fsp3) is 0.154. The lowest BCUT2D eigenvalue weighted by Crippen LogP contribution is -2.07. The molecule has 3 aromatic rings. The molecule has 0 spiro atoms. The minimum absolute atomic E-state index is 0.0803. The smallest absolute Gasteiger partial charge is 0.272 e.